The van der Waals surface area contributed by atoms with E-state index in [1.54, 1.807) is 0 Å². The monoisotopic (exact) mass is 712 g/mol. The van der Waals surface area contributed by atoms with Gasteiger partial charge < -0.3 is 35.7 Å². The molecule has 0 fully saturated rings. The fraction of sp³-hybridized carbons (Fsp3) is 0.250. The third-order valence-corrected chi connectivity index (χ3v) is 7.87. The van der Waals surface area contributed by atoms with E-state index >= 15 is 0 Å². The maximum absolute atomic E-state index is 12.1. The SMILES string of the molecule is COC(=O)/C(=C\c1cc(C)c(N)c(C)c1)NC(=O)OCc1ccccc1.COC(=O)[C@@H](Cc1cc(C)c(N)c(C)c1)NC(=O)OCc1ccccc1.[HH]. The first-order chi connectivity index (χ1) is 24.8. The van der Waals surface area contributed by atoms with Crippen molar-refractivity contribution >= 4 is 41.6 Å². The van der Waals surface area contributed by atoms with Gasteiger partial charge in [-0.15, -0.1) is 0 Å². The van der Waals surface area contributed by atoms with Gasteiger partial charge in [0.2, 0.25) is 0 Å². The van der Waals surface area contributed by atoms with E-state index in [1.807, 2.05) is 113 Å². The van der Waals surface area contributed by atoms with Crippen LogP contribution in [0.5, 0.6) is 0 Å². The Balaban J connectivity index is 0.000000360. The van der Waals surface area contributed by atoms with Gasteiger partial charge in [-0.3, -0.25) is 5.32 Å². The molecule has 1 atom stereocenters. The average molecular weight is 713 g/mol. The van der Waals surface area contributed by atoms with Crippen molar-refractivity contribution in [3.63, 3.8) is 0 Å². The summed E-state index contributed by atoms with van der Waals surface area (Å²) in [5, 5.41) is 5.01. The Morgan fingerprint density at radius 1 is 0.673 bits per heavy atom. The number of nitrogens with two attached hydrogens (primary N) is 2. The fourth-order valence-electron chi connectivity index (χ4n) is 5.04. The third kappa shape index (κ3) is 12.5. The maximum Gasteiger partial charge on any atom is 0.412 e. The molecule has 0 aliphatic rings. The zero-order chi connectivity index (χ0) is 38.2. The summed E-state index contributed by atoms with van der Waals surface area (Å²) in [5.74, 6) is -1.21. The molecule has 0 unspecified atom stereocenters. The van der Waals surface area contributed by atoms with Gasteiger partial charge in [-0.2, -0.15) is 0 Å². The van der Waals surface area contributed by atoms with Crippen LogP contribution in [0.25, 0.3) is 6.08 Å². The van der Waals surface area contributed by atoms with Gasteiger partial charge in [0.15, 0.2) is 0 Å². The summed E-state index contributed by atoms with van der Waals surface area (Å²) >= 11 is 0. The number of ether oxygens (including phenoxy) is 4. The van der Waals surface area contributed by atoms with Gasteiger partial charge in [-0.05, 0) is 90.4 Å². The summed E-state index contributed by atoms with van der Waals surface area (Å²) in [6.07, 6.45) is 0.395. The van der Waals surface area contributed by atoms with Crippen molar-refractivity contribution in [2.45, 2.75) is 53.4 Å². The number of nitrogen functional groups attached to an aromatic ring is 2. The Morgan fingerprint density at radius 3 is 1.60 bits per heavy atom. The van der Waals surface area contributed by atoms with Crippen LogP contribution >= 0.6 is 0 Å². The van der Waals surface area contributed by atoms with Gasteiger partial charge in [-0.25, -0.2) is 19.2 Å². The Labute approximate surface area is 305 Å². The summed E-state index contributed by atoms with van der Waals surface area (Å²) in [5.41, 5.74) is 20.2. The number of anilines is 2. The number of methoxy groups -OCH3 is 2. The van der Waals surface area contributed by atoms with Crippen molar-refractivity contribution in [2.24, 2.45) is 0 Å². The second kappa shape index (κ2) is 19.8. The molecule has 4 rings (SSSR count). The molecule has 0 saturated heterocycles. The number of carbonyl (C=O) groups excluding carboxylic acids is 4. The second-order valence-corrected chi connectivity index (χ2v) is 11.9. The molecule has 0 heterocycles. The summed E-state index contributed by atoms with van der Waals surface area (Å²) in [7, 11) is 2.53. The van der Waals surface area contributed by atoms with Crippen LogP contribution in [0.3, 0.4) is 0 Å². The number of benzene rings is 4. The summed E-state index contributed by atoms with van der Waals surface area (Å²) < 4.78 is 19.8. The minimum atomic E-state index is -0.842. The normalized spacial score (nSPS) is 11.2. The van der Waals surface area contributed by atoms with Crippen LogP contribution in [0.4, 0.5) is 21.0 Å². The molecule has 4 aromatic carbocycles. The molecule has 0 aliphatic heterocycles. The lowest BCUT2D eigenvalue weighted by Crippen LogP contribution is -2.43. The lowest BCUT2D eigenvalue weighted by atomic mass is 9.99. The summed E-state index contributed by atoms with van der Waals surface area (Å²) in [4.78, 5) is 48.1. The van der Waals surface area contributed by atoms with E-state index in [2.05, 4.69) is 10.6 Å². The first-order valence-corrected chi connectivity index (χ1v) is 16.4. The van der Waals surface area contributed by atoms with Crippen LogP contribution in [0.1, 0.15) is 45.9 Å². The summed E-state index contributed by atoms with van der Waals surface area (Å²) in [6, 6.07) is 25.2. The molecule has 0 saturated carbocycles. The number of carbonyl (C=O) groups is 4. The van der Waals surface area contributed by atoms with Crippen LogP contribution in [0.15, 0.2) is 90.6 Å². The van der Waals surface area contributed by atoms with Crippen LogP contribution < -0.4 is 22.1 Å². The average Bonchev–Trinajstić information content (AvgIpc) is 3.14. The first kappa shape index (κ1) is 40.1. The molecule has 276 valence electrons. The lowest BCUT2D eigenvalue weighted by molar-refractivity contribution is -0.143. The quantitative estimate of drug-likeness (QED) is 0.0583. The van der Waals surface area contributed by atoms with Crippen molar-refractivity contribution in [1.82, 2.24) is 10.6 Å². The lowest BCUT2D eigenvalue weighted by Gasteiger charge is -2.18. The molecule has 12 nitrogen and oxygen atoms in total. The third-order valence-electron chi connectivity index (χ3n) is 7.87. The predicted octanol–water partition coefficient (Wildman–Crippen LogP) is 6.47. The number of amides is 2. The van der Waals surface area contributed by atoms with Crippen molar-refractivity contribution < 1.29 is 39.6 Å². The van der Waals surface area contributed by atoms with Crippen molar-refractivity contribution in [3.05, 3.63) is 135 Å². The Morgan fingerprint density at radius 2 is 1.13 bits per heavy atom. The zero-order valence-corrected chi connectivity index (χ0v) is 30.3. The number of aryl methyl sites for hydroxylation is 4. The first-order valence-electron chi connectivity index (χ1n) is 16.4. The molecule has 12 heteroatoms. The maximum atomic E-state index is 12.1. The highest BCUT2D eigenvalue weighted by Gasteiger charge is 2.23. The van der Waals surface area contributed by atoms with Gasteiger partial charge in [0.1, 0.15) is 25.0 Å². The van der Waals surface area contributed by atoms with Crippen molar-refractivity contribution in [2.75, 3.05) is 25.7 Å². The van der Waals surface area contributed by atoms with E-state index in [1.165, 1.54) is 20.3 Å². The molecule has 2 amide bonds. The van der Waals surface area contributed by atoms with Gasteiger partial charge in [0.25, 0.3) is 0 Å². The predicted molar refractivity (Wildman–Crippen MR) is 202 cm³/mol. The van der Waals surface area contributed by atoms with Crippen molar-refractivity contribution in [1.29, 1.82) is 0 Å². The van der Waals surface area contributed by atoms with E-state index in [0.717, 1.165) is 50.2 Å². The standard InChI is InChI=1S/C20H24N2O4.C20H22N2O4.H2/c2*1-13-9-16(10-14(2)18(13)21)11-17(19(23)25-3)22-20(24)26-12-15-7-5-4-6-8-15;/h4-10,17H,11-12,21H2,1-3H3,(H,22,24);4-11H,12,21H2,1-3H3,(H,22,24);1H/b;17-11+;/t17-;;/m1../s1. The van der Waals surface area contributed by atoms with Gasteiger partial charge in [0, 0.05) is 19.2 Å². The Bertz CT molecular complexity index is 1840. The highest BCUT2D eigenvalue weighted by Crippen LogP contribution is 2.21. The Hall–Kier alpha value is -6.30. The number of hydrogen-bond acceptors (Lipinski definition) is 10. The van der Waals surface area contributed by atoms with E-state index in [-0.39, 0.29) is 26.8 Å². The molecule has 0 aromatic heterocycles. The molecule has 0 radical (unpaired) electrons. The fourth-order valence-corrected chi connectivity index (χ4v) is 5.04. The molecule has 0 aliphatic carbocycles. The summed E-state index contributed by atoms with van der Waals surface area (Å²) in [6.45, 7) is 7.78. The topological polar surface area (TPSA) is 181 Å². The largest absolute Gasteiger partial charge is 0.467 e. The van der Waals surface area contributed by atoms with E-state index in [9.17, 15) is 19.2 Å². The van der Waals surface area contributed by atoms with Crippen LogP contribution in [-0.2, 0) is 48.2 Å². The van der Waals surface area contributed by atoms with Crippen LogP contribution in [-0.4, -0.2) is 44.4 Å². The van der Waals surface area contributed by atoms with Crippen LogP contribution in [0, 0.1) is 27.7 Å². The molecule has 4 aromatic rings. The molecule has 6 N–H and O–H groups in total. The molecular weight excluding hydrogens is 664 g/mol. The number of hydrogen-bond donors (Lipinski definition) is 4. The highest BCUT2D eigenvalue weighted by molar-refractivity contribution is 5.96. The number of esters is 2. The van der Waals surface area contributed by atoms with E-state index in [0.29, 0.717) is 5.69 Å². The highest BCUT2D eigenvalue weighted by atomic mass is 16.6. The number of nitrogens with one attached hydrogen (secondary N) is 2. The zero-order valence-electron chi connectivity index (χ0n) is 30.3. The minimum absolute atomic E-state index is 0. The van der Waals surface area contributed by atoms with Gasteiger partial charge in [-0.1, -0.05) is 72.8 Å². The van der Waals surface area contributed by atoms with Crippen molar-refractivity contribution in [3.8, 4) is 0 Å². The van der Waals surface area contributed by atoms with Gasteiger partial charge in [0.05, 0.1) is 14.2 Å². The molecule has 52 heavy (non-hydrogen) atoms. The minimum Gasteiger partial charge on any atom is -0.467 e. The molecule has 0 bridgehead atoms. The molecule has 0 spiro atoms. The van der Waals surface area contributed by atoms with E-state index < -0.39 is 30.2 Å². The molecular formula is C40H48N4O8. The van der Waals surface area contributed by atoms with E-state index in [4.69, 9.17) is 30.4 Å². The van der Waals surface area contributed by atoms with Gasteiger partial charge >= 0.3 is 24.1 Å². The second-order valence-electron chi connectivity index (χ2n) is 11.9. The smallest absolute Gasteiger partial charge is 0.412 e. The number of rotatable bonds is 11. The van der Waals surface area contributed by atoms with Crippen LogP contribution in [0.2, 0.25) is 0 Å². The Kier molecular flexibility index (Phi) is 15.3. The number of alkyl carbamates (subject to hydrolysis) is 2.